The predicted molar refractivity (Wildman–Crippen MR) is 94.5 cm³/mol. The van der Waals surface area contributed by atoms with E-state index in [-0.39, 0.29) is 11.8 Å². The van der Waals surface area contributed by atoms with E-state index in [1.54, 1.807) is 48.8 Å². The molecule has 0 saturated carbocycles. The highest BCUT2D eigenvalue weighted by Crippen LogP contribution is 2.14. The number of pyridine rings is 1. The standard InChI is InChI=1S/C18H20N4O3/c23-17(13-22-9-11-25-12-10-22)20-15-1-3-16(4-2-15)21-18(24)14-5-7-19-8-6-14/h1-8H,9-13H2,(H,20,23)(H,21,24). The minimum Gasteiger partial charge on any atom is -0.379 e. The predicted octanol–water partition coefficient (Wildman–Crippen LogP) is 1.60. The van der Waals surface area contributed by atoms with Crippen molar-refractivity contribution in [1.29, 1.82) is 0 Å². The molecule has 1 aromatic carbocycles. The van der Waals surface area contributed by atoms with Gasteiger partial charge < -0.3 is 15.4 Å². The van der Waals surface area contributed by atoms with Gasteiger partial charge in [-0.25, -0.2) is 0 Å². The summed E-state index contributed by atoms with van der Waals surface area (Å²) in [6.07, 6.45) is 3.14. The van der Waals surface area contributed by atoms with Crippen molar-refractivity contribution in [3.8, 4) is 0 Å². The van der Waals surface area contributed by atoms with Crippen LogP contribution in [-0.2, 0) is 9.53 Å². The lowest BCUT2D eigenvalue weighted by molar-refractivity contribution is -0.118. The van der Waals surface area contributed by atoms with Crippen molar-refractivity contribution in [3.63, 3.8) is 0 Å². The number of nitrogens with zero attached hydrogens (tertiary/aromatic N) is 2. The molecular weight excluding hydrogens is 320 g/mol. The lowest BCUT2D eigenvalue weighted by Gasteiger charge is -2.25. The van der Waals surface area contributed by atoms with Crippen molar-refractivity contribution < 1.29 is 14.3 Å². The highest BCUT2D eigenvalue weighted by molar-refractivity contribution is 6.04. The van der Waals surface area contributed by atoms with E-state index in [4.69, 9.17) is 4.74 Å². The van der Waals surface area contributed by atoms with Crippen molar-refractivity contribution in [2.24, 2.45) is 0 Å². The monoisotopic (exact) mass is 340 g/mol. The maximum Gasteiger partial charge on any atom is 0.255 e. The normalized spacial score (nSPS) is 14.7. The number of aromatic nitrogens is 1. The van der Waals surface area contributed by atoms with Crippen LogP contribution in [0, 0.1) is 0 Å². The Hall–Kier alpha value is -2.77. The fourth-order valence-electron chi connectivity index (χ4n) is 2.51. The summed E-state index contributed by atoms with van der Waals surface area (Å²) < 4.78 is 5.27. The molecule has 7 heteroatoms. The first-order valence-electron chi connectivity index (χ1n) is 8.12. The number of nitrogens with one attached hydrogen (secondary N) is 2. The van der Waals surface area contributed by atoms with Gasteiger partial charge >= 0.3 is 0 Å². The van der Waals surface area contributed by atoms with Crippen LogP contribution in [0.15, 0.2) is 48.8 Å². The molecule has 1 aromatic heterocycles. The van der Waals surface area contributed by atoms with Crippen LogP contribution in [0.2, 0.25) is 0 Å². The Morgan fingerprint density at radius 3 is 2.20 bits per heavy atom. The topological polar surface area (TPSA) is 83.6 Å². The summed E-state index contributed by atoms with van der Waals surface area (Å²) in [6.45, 7) is 3.23. The van der Waals surface area contributed by atoms with Crippen molar-refractivity contribution in [1.82, 2.24) is 9.88 Å². The van der Waals surface area contributed by atoms with Crippen LogP contribution in [0.25, 0.3) is 0 Å². The number of amides is 2. The van der Waals surface area contributed by atoms with Crippen LogP contribution in [0.1, 0.15) is 10.4 Å². The average molecular weight is 340 g/mol. The molecule has 2 amide bonds. The van der Waals surface area contributed by atoms with E-state index in [0.29, 0.717) is 36.7 Å². The van der Waals surface area contributed by atoms with Gasteiger partial charge in [0.05, 0.1) is 19.8 Å². The number of benzene rings is 1. The van der Waals surface area contributed by atoms with Gasteiger partial charge in [0.15, 0.2) is 0 Å². The van der Waals surface area contributed by atoms with Crippen LogP contribution in [-0.4, -0.2) is 54.5 Å². The lowest BCUT2D eigenvalue weighted by Crippen LogP contribution is -2.41. The first-order valence-corrected chi connectivity index (χ1v) is 8.12. The molecular formula is C18H20N4O3. The van der Waals surface area contributed by atoms with Gasteiger partial charge in [-0.2, -0.15) is 0 Å². The van der Waals surface area contributed by atoms with E-state index < -0.39 is 0 Å². The SMILES string of the molecule is O=C(CN1CCOCC1)Nc1ccc(NC(=O)c2ccncc2)cc1. The first-order chi connectivity index (χ1) is 12.2. The van der Waals surface area contributed by atoms with E-state index in [1.165, 1.54) is 0 Å². The Morgan fingerprint density at radius 2 is 1.56 bits per heavy atom. The quantitative estimate of drug-likeness (QED) is 0.864. The highest BCUT2D eigenvalue weighted by Gasteiger charge is 2.14. The zero-order chi connectivity index (χ0) is 17.5. The molecule has 7 nitrogen and oxygen atoms in total. The maximum absolute atomic E-state index is 12.1. The fourth-order valence-corrected chi connectivity index (χ4v) is 2.51. The van der Waals surface area contributed by atoms with Crippen LogP contribution in [0.4, 0.5) is 11.4 Å². The molecule has 1 fully saturated rings. The number of rotatable bonds is 5. The molecule has 0 aliphatic carbocycles. The lowest BCUT2D eigenvalue weighted by atomic mass is 10.2. The summed E-state index contributed by atoms with van der Waals surface area (Å²) in [5, 5.41) is 5.66. The molecule has 1 saturated heterocycles. The largest absolute Gasteiger partial charge is 0.379 e. The van der Waals surface area contributed by atoms with Crippen LogP contribution < -0.4 is 10.6 Å². The van der Waals surface area contributed by atoms with Gasteiger partial charge in [0.25, 0.3) is 5.91 Å². The number of hydrogen-bond donors (Lipinski definition) is 2. The zero-order valence-electron chi connectivity index (χ0n) is 13.8. The van der Waals surface area contributed by atoms with E-state index in [9.17, 15) is 9.59 Å². The minimum absolute atomic E-state index is 0.0597. The van der Waals surface area contributed by atoms with E-state index in [2.05, 4.69) is 20.5 Å². The number of carbonyl (C=O) groups excluding carboxylic acids is 2. The average Bonchev–Trinajstić information content (AvgIpc) is 2.65. The number of ether oxygens (including phenoxy) is 1. The van der Waals surface area contributed by atoms with Crippen molar-refractivity contribution in [2.45, 2.75) is 0 Å². The van der Waals surface area contributed by atoms with Crippen LogP contribution in [0.5, 0.6) is 0 Å². The second kappa shape index (κ2) is 8.36. The molecule has 3 rings (SSSR count). The molecule has 0 unspecified atom stereocenters. The van der Waals surface area contributed by atoms with Gasteiger partial charge in [-0.05, 0) is 36.4 Å². The molecule has 2 aromatic rings. The number of carbonyl (C=O) groups is 2. The maximum atomic E-state index is 12.1. The Balaban J connectivity index is 1.51. The number of anilines is 2. The first kappa shape index (κ1) is 17.1. The van der Waals surface area contributed by atoms with Crippen molar-refractivity contribution in [2.75, 3.05) is 43.5 Å². The second-order valence-corrected chi connectivity index (χ2v) is 5.70. The Morgan fingerprint density at radius 1 is 0.960 bits per heavy atom. The number of hydrogen-bond acceptors (Lipinski definition) is 5. The summed E-state index contributed by atoms with van der Waals surface area (Å²) in [6, 6.07) is 10.3. The van der Waals surface area contributed by atoms with Gasteiger partial charge in [0.2, 0.25) is 5.91 Å². The van der Waals surface area contributed by atoms with Gasteiger partial charge in [-0.3, -0.25) is 19.5 Å². The van der Waals surface area contributed by atoms with Gasteiger partial charge in [0, 0.05) is 42.4 Å². The van der Waals surface area contributed by atoms with E-state index >= 15 is 0 Å². The molecule has 2 heterocycles. The van der Waals surface area contributed by atoms with Crippen molar-refractivity contribution >= 4 is 23.2 Å². The molecule has 1 aliphatic rings. The second-order valence-electron chi connectivity index (χ2n) is 5.70. The highest BCUT2D eigenvalue weighted by atomic mass is 16.5. The molecule has 0 bridgehead atoms. The summed E-state index contributed by atoms with van der Waals surface area (Å²) >= 11 is 0. The third-order valence-electron chi connectivity index (χ3n) is 3.84. The molecule has 0 radical (unpaired) electrons. The van der Waals surface area contributed by atoms with Crippen molar-refractivity contribution in [3.05, 3.63) is 54.4 Å². The molecule has 130 valence electrons. The minimum atomic E-state index is -0.202. The Kier molecular flexibility index (Phi) is 5.71. The molecule has 2 N–H and O–H groups in total. The smallest absolute Gasteiger partial charge is 0.255 e. The fraction of sp³-hybridized carbons (Fsp3) is 0.278. The Bertz CT molecular complexity index is 713. The molecule has 1 aliphatic heterocycles. The zero-order valence-corrected chi connectivity index (χ0v) is 13.8. The summed E-state index contributed by atoms with van der Waals surface area (Å²) in [4.78, 5) is 30.1. The van der Waals surface area contributed by atoms with Gasteiger partial charge in [-0.1, -0.05) is 0 Å². The molecule has 0 spiro atoms. The molecule has 25 heavy (non-hydrogen) atoms. The Labute approximate surface area is 146 Å². The third-order valence-corrected chi connectivity index (χ3v) is 3.84. The van der Waals surface area contributed by atoms with Crippen LogP contribution in [0.3, 0.4) is 0 Å². The third kappa shape index (κ3) is 5.10. The van der Waals surface area contributed by atoms with E-state index in [1.807, 2.05) is 0 Å². The van der Waals surface area contributed by atoms with E-state index in [0.717, 1.165) is 13.1 Å². The number of morpholine rings is 1. The van der Waals surface area contributed by atoms with Crippen LogP contribution >= 0.6 is 0 Å². The summed E-state index contributed by atoms with van der Waals surface area (Å²) in [5.74, 6) is -0.262. The van der Waals surface area contributed by atoms with Gasteiger partial charge in [-0.15, -0.1) is 0 Å². The summed E-state index contributed by atoms with van der Waals surface area (Å²) in [7, 11) is 0. The summed E-state index contributed by atoms with van der Waals surface area (Å²) in [5.41, 5.74) is 1.89. The molecule has 0 atom stereocenters. The van der Waals surface area contributed by atoms with Gasteiger partial charge in [0.1, 0.15) is 0 Å².